The van der Waals surface area contributed by atoms with E-state index in [9.17, 15) is 4.79 Å². The number of hydrogen-bond acceptors (Lipinski definition) is 4. The molecule has 0 bridgehead atoms. The third kappa shape index (κ3) is 2.32. The summed E-state index contributed by atoms with van der Waals surface area (Å²) in [7, 11) is 0. The number of carbonyl (C=O) groups excluding carboxylic acids is 1. The second-order valence-corrected chi connectivity index (χ2v) is 5.55. The van der Waals surface area contributed by atoms with Crippen LogP contribution in [0.25, 0.3) is 11.1 Å². The summed E-state index contributed by atoms with van der Waals surface area (Å²) in [5.41, 5.74) is 4.46. The van der Waals surface area contributed by atoms with Crippen LogP contribution in [-0.4, -0.2) is 20.7 Å². The smallest absolute Gasteiger partial charge is 0.252 e. The van der Waals surface area contributed by atoms with Crippen LogP contribution in [0.4, 0.5) is 0 Å². The van der Waals surface area contributed by atoms with Crippen LogP contribution in [0.2, 0.25) is 0 Å². The molecule has 4 rings (SSSR count). The quantitative estimate of drug-likeness (QED) is 0.801. The van der Waals surface area contributed by atoms with E-state index in [0.29, 0.717) is 0 Å². The van der Waals surface area contributed by atoms with Crippen LogP contribution < -0.4 is 5.32 Å². The highest BCUT2D eigenvalue weighted by Crippen LogP contribution is 2.42. The number of carbonyl (C=O) groups is 1. The van der Waals surface area contributed by atoms with Crippen LogP contribution in [0.1, 0.15) is 23.0 Å². The molecule has 0 spiro atoms. The summed E-state index contributed by atoms with van der Waals surface area (Å²) < 4.78 is 1.36. The molecule has 3 aromatic rings. The minimum atomic E-state index is -0.180. The molecule has 24 heavy (non-hydrogen) atoms. The van der Waals surface area contributed by atoms with E-state index in [0.717, 1.165) is 22.3 Å². The number of amides is 1. The Morgan fingerprint density at radius 1 is 1.12 bits per heavy atom. The molecule has 0 radical (unpaired) electrons. The van der Waals surface area contributed by atoms with Crippen molar-refractivity contribution in [1.29, 1.82) is 5.26 Å². The van der Waals surface area contributed by atoms with Gasteiger partial charge in [-0.25, -0.2) is 9.67 Å². The molecule has 1 aliphatic rings. The highest BCUT2D eigenvalue weighted by Gasteiger charge is 2.29. The van der Waals surface area contributed by atoms with E-state index in [4.69, 9.17) is 5.26 Å². The monoisotopic (exact) mass is 315 g/mol. The molecular formula is C18H13N5O. The van der Waals surface area contributed by atoms with E-state index in [-0.39, 0.29) is 24.3 Å². The zero-order chi connectivity index (χ0) is 16.5. The number of benzene rings is 2. The SMILES string of the molecule is N#Cc1ncn(CC(=O)NC2c3ccccc3-c3ccccc32)n1. The average Bonchev–Trinajstić information content (AvgIpc) is 3.19. The first-order valence-corrected chi connectivity index (χ1v) is 7.53. The van der Waals surface area contributed by atoms with Crippen LogP contribution in [0.15, 0.2) is 54.9 Å². The molecule has 0 unspecified atom stereocenters. The standard InChI is InChI=1S/C18H13N5O/c19-9-16-20-11-23(22-16)10-17(24)21-18-14-7-3-1-5-12(14)13-6-2-4-8-15(13)18/h1-8,11,18H,10H2,(H,21,24). The molecule has 0 fully saturated rings. The number of rotatable bonds is 3. The van der Waals surface area contributed by atoms with Crippen molar-refractivity contribution >= 4 is 5.91 Å². The Kier molecular flexibility index (Phi) is 3.32. The predicted molar refractivity (Wildman–Crippen MR) is 86.6 cm³/mol. The second-order valence-electron chi connectivity index (χ2n) is 5.55. The van der Waals surface area contributed by atoms with Gasteiger partial charge in [-0.3, -0.25) is 4.79 Å². The van der Waals surface area contributed by atoms with Crippen LogP contribution in [-0.2, 0) is 11.3 Å². The molecule has 6 heteroatoms. The van der Waals surface area contributed by atoms with Gasteiger partial charge in [0.15, 0.2) is 0 Å². The van der Waals surface area contributed by atoms with Gasteiger partial charge in [-0.1, -0.05) is 48.5 Å². The van der Waals surface area contributed by atoms with Gasteiger partial charge in [-0.2, -0.15) is 5.26 Å². The summed E-state index contributed by atoms with van der Waals surface area (Å²) in [5.74, 6) is -0.125. The van der Waals surface area contributed by atoms with Gasteiger partial charge in [0.1, 0.15) is 18.9 Å². The van der Waals surface area contributed by atoms with Gasteiger partial charge in [-0.05, 0) is 22.3 Å². The fraction of sp³-hybridized carbons (Fsp3) is 0.111. The summed E-state index contributed by atoms with van der Waals surface area (Å²) in [6.07, 6.45) is 1.38. The van der Waals surface area contributed by atoms with Crippen LogP contribution in [0, 0.1) is 11.3 Å². The number of hydrogen-bond donors (Lipinski definition) is 1. The lowest BCUT2D eigenvalue weighted by molar-refractivity contribution is -0.122. The maximum absolute atomic E-state index is 12.4. The maximum Gasteiger partial charge on any atom is 0.252 e. The Hall–Kier alpha value is -3.46. The Balaban J connectivity index is 1.60. The first-order chi connectivity index (χ1) is 11.8. The van der Waals surface area contributed by atoms with Gasteiger partial charge in [0.2, 0.25) is 5.91 Å². The molecule has 0 atom stereocenters. The van der Waals surface area contributed by atoms with Gasteiger partial charge in [0.25, 0.3) is 5.82 Å². The molecular weight excluding hydrogens is 302 g/mol. The van der Waals surface area contributed by atoms with E-state index in [1.54, 1.807) is 0 Å². The minimum absolute atomic E-state index is 0.0233. The zero-order valence-electron chi connectivity index (χ0n) is 12.7. The maximum atomic E-state index is 12.4. The summed E-state index contributed by atoms with van der Waals surface area (Å²) in [6, 6.07) is 17.8. The molecule has 1 heterocycles. The van der Waals surface area contributed by atoms with Crippen molar-refractivity contribution in [3.05, 3.63) is 71.8 Å². The zero-order valence-corrected chi connectivity index (χ0v) is 12.7. The molecule has 1 aromatic heterocycles. The topological polar surface area (TPSA) is 83.6 Å². The summed E-state index contributed by atoms with van der Waals surface area (Å²) in [4.78, 5) is 16.2. The second kappa shape index (κ2) is 5.63. The molecule has 1 amide bonds. The van der Waals surface area contributed by atoms with Gasteiger partial charge >= 0.3 is 0 Å². The van der Waals surface area contributed by atoms with Crippen molar-refractivity contribution < 1.29 is 4.79 Å². The summed E-state index contributed by atoms with van der Waals surface area (Å²) in [5, 5.41) is 15.7. The molecule has 0 aliphatic heterocycles. The first kappa shape index (κ1) is 14.2. The fourth-order valence-electron chi connectivity index (χ4n) is 3.09. The average molecular weight is 315 g/mol. The third-order valence-electron chi connectivity index (χ3n) is 4.08. The van der Waals surface area contributed by atoms with Crippen molar-refractivity contribution in [2.45, 2.75) is 12.6 Å². The van der Waals surface area contributed by atoms with Gasteiger partial charge in [0, 0.05) is 0 Å². The van der Waals surface area contributed by atoms with Gasteiger partial charge < -0.3 is 5.32 Å². The Labute approximate surface area is 138 Å². The number of nitrogens with one attached hydrogen (secondary N) is 1. The predicted octanol–water partition coefficient (Wildman–Crippen LogP) is 2.04. The summed E-state index contributed by atoms with van der Waals surface area (Å²) >= 11 is 0. The number of fused-ring (bicyclic) bond motifs is 3. The minimum Gasteiger partial charge on any atom is -0.344 e. The molecule has 2 aromatic carbocycles. The van der Waals surface area contributed by atoms with E-state index < -0.39 is 0 Å². The highest BCUT2D eigenvalue weighted by molar-refractivity contribution is 5.83. The third-order valence-corrected chi connectivity index (χ3v) is 4.08. The van der Waals surface area contributed by atoms with Gasteiger partial charge in [-0.15, -0.1) is 5.10 Å². The van der Waals surface area contributed by atoms with E-state index in [1.807, 2.05) is 42.5 Å². The molecule has 0 saturated carbocycles. The van der Waals surface area contributed by atoms with E-state index in [1.165, 1.54) is 11.0 Å². The Morgan fingerprint density at radius 2 is 1.75 bits per heavy atom. The van der Waals surface area contributed by atoms with Crippen LogP contribution in [0.5, 0.6) is 0 Å². The van der Waals surface area contributed by atoms with Crippen molar-refractivity contribution in [2.75, 3.05) is 0 Å². The largest absolute Gasteiger partial charge is 0.344 e. The molecule has 6 nitrogen and oxygen atoms in total. The summed E-state index contributed by atoms with van der Waals surface area (Å²) in [6.45, 7) is 0.0233. The Bertz CT molecular complexity index is 924. The fourth-order valence-corrected chi connectivity index (χ4v) is 3.09. The van der Waals surface area contributed by atoms with Crippen molar-refractivity contribution in [2.24, 2.45) is 0 Å². The molecule has 1 aliphatic carbocycles. The van der Waals surface area contributed by atoms with Crippen LogP contribution >= 0.6 is 0 Å². The molecule has 0 saturated heterocycles. The normalized spacial score (nSPS) is 12.3. The first-order valence-electron chi connectivity index (χ1n) is 7.53. The number of nitriles is 1. The van der Waals surface area contributed by atoms with E-state index in [2.05, 4.69) is 27.5 Å². The number of nitrogens with zero attached hydrogens (tertiary/aromatic N) is 4. The highest BCUT2D eigenvalue weighted by atomic mass is 16.2. The van der Waals surface area contributed by atoms with Crippen molar-refractivity contribution in [1.82, 2.24) is 20.1 Å². The number of aromatic nitrogens is 3. The molecule has 1 N–H and O–H groups in total. The van der Waals surface area contributed by atoms with Crippen molar-refractivity contribution in [3.8, 4) is 17.2 Å². The lowest BCUT2D eigenvalue weighted by atomic mass is 10.1. The molecule has 116 valence electrons. The van der Waals surface area contributed by atoms with E-state index >= 15 is 0 Å². The van der Waals surface area contributed by atoms with Gasteiger partial charge in [0.05, 0.1) is 6.04 Å². The lowest BCUT2D eigenvalue weighted by Gasteiger charge is -2.15. The van der Waals surface area contributed by atoms with Crippen molar-refractivity contribution in [3.63, 3.8) is 0 Å². The van der Waals surface area contributed by atoms with Crippen LogP contribution in [0.3, 0.4) is 0 Å². The Morgan fingerprint density at radius 3 is 2.33 bits per heavy atom. The lowest BCUT2D eigenvalue weighted by Crippen LogP contribution is -2.31.